The number of carbonyl (C=O) groups is 3. The van der Waals surface area contributed by atoms with Crippen LogP contribution in [0.3, 0.4) is 0 Å². The number of hydrogen-bond donors (Lipinski definition) is 2. The molecule has 1 unspecified atom stereocenters. The van der Waals surface area contributed by atoms with E-state index in [4.69, 9.17) is 28.2 Å². The number of rotatable bonds is 9. The average molecular weight is 715 g/mol. The molecule has 3 aromatic carbocycles. The second-order valence-corrected chi connectivity index (χ2v) is 18.1. The highest BCUT2D eigenvalue weighted by Gasteiger charge is 2.60. The number of nitrogens with zero attached hydrogens (tertiary/aromatic N) is 1. The zero-order chi connectivity index (χ0) is 36.6. The van der Waals surface area contributed by atoms with Gasteiger partial charge in [-0.3, -0.25) is 9.59 Å². The van der Waals surface area contributed by atoms with Gasteiger partial charge in [0, 0.05) is 25.3 Å². The van der Waals surface area contributed by atoms with Crippen molar-refractivity contribution >= 4 is 42.2 Å². The van der Waals surface area contributed by atoms with Crippen LogP contribution >= 0.6 is 0 Å². The molecular weight excluding hydrogens is 673 g/mol. The maximum Gasteiger partial charge on any atom is 0.334 e. The molecular formula is C38H42N2O10Si. The van der Waals surface area contributed by atoms with Gasteiger partial charge in [-0.15, -0.1) is 0 Å². The Labute approximate surface area is 297 Å². The lowest BCUT2D eigenvalue weighted by Gasteiger charge is -2.50. The number of carbonyl (C=O) groups excluding carboxylic acids is 3. The summed E-state index contributed by atoms with van der Waals surface area (Å²) in [6.45, 7) is 7.62. The van der Waals surface area contributed by atoms with Gasteiger partial charge in [-0.1, -0.05) is 98.7 Å². The minimum Gasteiger partial charge on any atom is -0.493 e. The van der Waals surface area contributed by atoms with Crippen LogP contribution in [0.1, 0.15) is 39.7 Å². The topological polar surface area (TPSA) is 151 Å². The molecule has 3 aliphatic rings. The first kappa shape index (κ1) is 35.8. The molecule has 12 nitrogen and oxygen atoms in total. The van der Waals surface area contributed by atoms with Gasteiger partial charge in [0.2, 0.25) is 5.75 Å². The van der Waals surface area contributed by atoms with E-state index in [1.54, 1.807) is 24.3 Å². The molecule has 6 rings (SSSR count). The van der Waals surface area contributed by atoms with E-state index in [2.05, 4.69) is 55.5 Å². The number of hydrogen-bond acceptors (Lipinski definition) is 11. The Hall–Kier alpha value is -4.98. The Morgan fingerprint density at radius 2 is 1.61 bits per heavy atom. The zero-order valence-corrected chi connectivity index (χ0v) is 30.4. The predicted molar refractivity (Wildman–Crippen MR) is 190 cm³/mol. The van der Waals surface area contributed by atoms with Gasteiger partial charge < -0.3 is 38.6 Å². The van der Waals surface area contributed by atoms with Crippen LogP contribution in [0.25, 0.3) is 0 Å². The highest BCUT2D eigenvalue weighted by Crippen LogP contribution is 2.44. The van der Waals surface area contributed by atoms with Crippen LogP contribution in [0.5, 0.6) is 17.2 Å². The Morgan fingerprint density at radius 1 is 0.961 bits per heavy atom. The normalized spacial score (nSPS) is 24.1. The standard InChI is InChI=1S/C38H42N2O10Si/c1-23(41)47-31-20-19-30(50-51(37(2,3)4,25-13-9-7-10-14-25)26-15-11-8-12-16-26)34-38(31,44)22-28(40-49-34)35(42)39-27-21-24-17-18-29(45-5)33(46-6)32(24)48-36(27)43/h7-20,27,30-31,34,44H,21-22H2,1-6H3,(H,39,42)/t27?,30-,31-,34+,38+/m1/s1. The highest BCUT2D eigenvalue weighted by atomic mass is 28.4. The molecule has 0 aromatic heterocycles. The molecule has 0 fully saturated rings. The molecule has 0 bridgehead atoms. The van der Waals surface area contributed by atoms with E-state index >= 15 is 0 Å². The number of ether oxygens (including phenoxy) is 4. The molecule has 268 valence electrons. The maximum absolute atomic E-state index is 13.7. The number of amides is 1. The molecule has 0 saturated heterocycles. The minimum atomic E-state index is -3.16. The number of methoxy groups -OCH3 is 2. The van der Waals surface area contributed by atoms with Crippen molar-refractivity contribution in [2.24, 2.45) is 5.16 Å². The minimum absolute atomic E-state index is 0.106. The molecule has 1 amide bonds. The summed E-state index contributed by atoms with van der Waals surface area (Å²) in [7, 11) is -0.253. The number of nitrogens with one attached hydrogen (secondary N) is 1. The lowest BCUT2D eigenvalue weighted by Crippen LogP contribution is -2.71. The van der Waals surface area contributed by atoms with Gasteiger partial charge in [0.1, 0.15) is 17.9 Å². The summed E-state index contributed by atoms with van der Waals surface area (Å²) in [6.07, 6.45) is -0.180. The third-order valence-corrected chi connectivity index (χ3v) is 14.6. The average Bonchev–Trinajstić information content (AvgIpc) is 3.11. The first-order valence-corrected chi connectivity index (χ1v) is 18.6. The summed E-state index contributed by atoms with van der Waals surface area (Å²) in [5.41, 5.74) is -1.54. The molecule has 1 aliphatic carbocycles. The predicted octanol–water partition coefficient (Wildman–Crippen LogP) is 2.97. The summed E-state index contributed by atoms with van der Waals surface area (Å²) in [6, 6.07) is 22.3. The molecule has 2 N–H and O–H groups in total. The van der Waals surface area contributed by atoms with E-state index in [0.29, 0.717) is 11.3 Å². The van der Waals surface area contributed by atoms with Crippen LogP contribution in [0.15, 0.2) is 90.1 Å². The van der Waals surface area contributed by atoms with Crippen molar-refractivity contribution in [2.45, 2.75) is 75.5 Å². The van der Waals surface area contributed by atoms with E-state index in [-0.39, 0.29) is 30.1 Å². The quantitative estimate of drug-likeness (QED) is 0.147. The fraction of sp³-hybridized carbons (Fsp3) is 0.368. The van der Waals surface area contributed by atoms with Gasteiger partial charge in [0.25, 0.3) is 14.2 Å². The molecule has 0 spiro atoms. The first-order chi connectivity index (χ1) is 24.3. The Bertz CT molecular complexity index is 1820. The molecule has 51 heavy (non-hydrogen) atoms. The largest absolute Gasteiger partial charge is 0.493 e. The van der Waals surface area contributed by atoms with Crippen molar-refractivity contribution in [3.63, 3.8) is 0 Å². The van der Waals surface area contributed by atoms with E-state index in [1.807, 2.05) is 36.4 Å². The van der Waals surface area contributed by atoms with Crippen molar-refractivity contribution < 1.29 is 47.7 Å². The van der Waals surface area contributed by atoms with Crippen LogP contribution < -0.4 is 29.9 Å². The molecule has 0 radical (unpaired) electrons. The van der Waals surface area contributed by atoms with Gasteiger partial charge in [-0.25, -0.2) is 4.79 Å². The van der Waals surface area contributed by atoms with Crippen LogP contribution in [-0.2, 0) is 34.8 Å². The smallest absolute Gasteiger partial charge is 0.334 e. The van der Waals surface area contributed by atoms with Crippen molar-refractivity contribution in [2.75, 3.05) is 14.2 Å². The Balaban J connectivity index is 1.32. The molecule has 3 aromatic rings. The van der Waals surface area contributed by atoms with Crippen molar-refractivity contribution in [3.8, 4) is 17.2 Å². The number of fused-ring (bicyclic) bond motifs is 2. The zero-order valence-electron chi connectivity index (χ0n) is 29.4. The molecule has 2 heterocycles. The maximum atomic E-state index is 13.7. The van der Waals surface area contributed by atoms with Gasteiger partial charge in [0.05, 0.1) is 14.2 Å². The third kappa shape index (κ3) is 6.52. The van der Waals surface area contributed by atoms with Crippen LogP contribution in [-0.4, -0.2) is 81.2 Å². The van der Waals surface area contributed by atoms with Crippen LogP contribution in [0, 0.1) is 0 Å². The van der Waals surface area contributed by atoms with Gasteiger partial charge in [-0.05, 0) is 27.6 Å². The highest BCUT2D eigenvalue weighted by molar-refractivity contribution is 6.99. The summed E-state index contributed by atoms with van der Waals surface area (Å²) in [5.74, 6) is -1.23. The van der Waals surface area contributed by atoms with Gasteiger partial charge in [0.15, 0.2) is 29.3 Å². The van der Waals surface area contributed by atoms with E-state index in [9.17, 15) is 19.5 Å². The lowest BCUT2D eigenvalue weighted by atomic mass is 9.77. The molecule has 2 aliphatic heterocycles. The number of oxime groups is 1. The Morgan fingerprint density at radius 3 is 2.18 bits per heavy atom. The molecule has 13 heteroatoms. The lowest BCUT2D eigenvalue weighted by molar-refractivity contribution is -0.202. The Kier molecular flexibility index (Phi) is 9.81. The summed E-state index contributed by atoms with van der Waals surface area (Å²) in [4.78, 5) is 45.0. The van der Waals surface area contributed by atoms with Crippen molar-refractivity contribution in [1.82, 2.24) is 5.32 Å². The van der Waals surface area contributed by atoms with Gasteiger partial charge >= 0.3 is 11.9 Å². The summed E-state index contributed by atoms with van der Waals surface area (Å²) >= 11 is 0. The number of benzene rings is 3. The molecule has 5 atom stereocenters. The van der Waals surface area contributed by atoms with E-state index in [1.165, 1.54) is 21.1 Å². The monoisotopic (exact) mass is 714 g/mol. The second kappa shape index (κ2) is 14.0. The van der Waals surface area contributed by atoms with Crippen LogP contribution in [0.2, 0.25) is 5.04 Å². The van der Waals surface area contributed by atoms with Crippen LogP contribution in [0.4, 0.5) is 0 Å². The van der Waals surface area contributed by atoms with Gasteiger partial charge in [-0.2, -0.15) is 0 Å². The third-order valence-electron chi connectivity index (χ3n) is 9.57. The van der Waals surface area contributed by atoms with Crippen molar-refractivity contribution in [1.29, 1.82) is 0 Å². The summed E-state index contributed by atoms with van der Waals surface area (Å²) in [5, 5.41) is 20.9. The van der Waals surface area contributed by atoms with E-state index in [0.717, 1.165) is 10.4 Å². The summed E-state index contributed by atoms with van der Waals surface area (Å²) < 4.78 is 29.1. The fourth-order valence-corrected chi connectivity index (χ4v) is 11.8. The SMILES string of the molecule is COc1ccc2c(c1OC)OC(=O)C(NC(=O)C1=NO[C@H]3[C@H](O[Si](c4ccccc4)(c4ccccc4)C(C)(C)C)C=C[C@@H](OC(C)=O)[C@@]3(O)C1)C2. The van der Waals surface area contributed by atoms with Crippen molar-refractivity contribution in [3.05, 3.63) is 90.5 Å². The fourth-order valence-electron chi connectivity index (χ4n) is 7.17. The molecule has 0 saturated carbocycles. The number of esters is 2. The second-order valence-electron chi connectivity index (χ2n) is 13.8. The van der Waals surface area contributed by atoms with E-state index < -0.39 is 61.2 Å². The number of aliphatic hydroxyl groups is 1. The first-order valence-electron chi connectivity index (χ1n) is 16.7.